The van der Waals surface area contributed by atoms with Gasteiger partial charge >= 0.3 is 0 Å². The van der Waals surface area contributed by atoms with Gasteiger partial charge in [0.15, 0.2) is 0 Å². The predicted molar refractivity (Wildman–Crippen MR) is 80.7 cm³/mol. The predicted octanol–water partition coefficient (Wildman–Crippen LogP) is 2.96. The number of nitrogens with one attached hydrogen (secondary N) is 1. The van der Waals surface area contributed by atoms with E-state index in [9.17, 15) is 9.90 Å². The Morgan fingerprint density at radius 2 is 2.10 bits per heavy atom. The van der Waals surface area contributed by atoms with Gasteiger partial charge in [-0.15, -0.1) is 0 Å². The molecule has 0 saturated carbocycles. The molecule has 0 bridgehead atoms. The number of aromatic nitrogens is 1. The van der Waals surface area contributed by atoms with Gasteiger partial charge in [-0.1, -0.05) is 41.9 Å². The van der Waals surface area contributed by atoms with Crippen molar-refractivity contribution in [2.75, 3.05) is 6.61 Å². The fourth-order valence-corrected chi connectivity index (χ4v) is 2.26. The maximum absolute atomic E-state index is 12.2. The summed E-state index contributed by atoms with van der Waals surface area (Å²) in [7, 11) is 0. The Labute approximate surface area is 129 Å². The second-order valence-electron chi connectivity index (χ2n) is 4.11. The molecule has 20 heavy (non-hydrogen) atoms. The molecule has 1 aromatic carbocycles. The van der Waals surface area contributed by atoms with Crippen LogP contribution in [0.15, 0.2) is 47.1 Å². The molecule has 2 N–H and O–H groups in total. The number of carbonyl (C=O) groups is 1. The van der Waals surface area contributed by atoms with Crippen LogP contribution in [0.2, 0.25) is 5.15 Å². The molecule has 0 aliphatic heterocycles. The van der Waals surface area contributed by atoms with Crippen molar-refractivity contribution in [1.82, 2.24) is 10.3 Å². The van der Waals surface area contributed by atoms with Crippen LogP contribution < -0.4 is 5.32 Å². The third kappa shape index (κ3) is 3.56. The lowest BCUT2D eigenvalue weighted by molar-refractivity contribution is 0.0916. The van der Waals surface area contributed by atoms with Gasteiger partial charge in [0.25, 0.3) is 5.91 Å². The lowest BCUT2D eigenvalue weighted by Gasteiger charge is -2.17. The van der Waals surface area contributed by atoms with Gasteiger partial charge in [0.2, 0.25) is 0 Å². The van der Waals surface area contributed by atoms with Gasteiger partial charge in [-0.2, -0.15) is 0 Å². The molecule has 0 saturated heterocycles. The molecule has 1 heterocycles. The molecular formula is C14H12BrClN2O2. The van der Waals surface area contributed by atoms with Crippen LogP contribution in [0.25, 0.3) is 0 Å². The fraction of sp³-hybridized carbons (Fsp3) is 0.143. The van der Waals surface area contributed by atoms with Crippen molar-refractivity contribution in [3.05, 3.63) is 63.3 Å². The van der Waals surface area contributed by atoms with E-state index in [1.54, 1.807) is 6.07 Å². The molecule has 0 spiro atoms. The summed E-state index contributed by atoms with van der Waals surface area (Å²) in [5.74, 6) is -0.383. The molecule has 2 aromatic rings. The maximum Gasteiger partial charge on any atom is 0.255 e. The molecule has 2 rings (SSSR count). The molecule has 4 nitrogen and oxygen atoms in total. The van der Waals surface area contributed by atoms with Crippen molar-refractivity contribution in [3.8, 4) is 0 Å². The van der Waals surface area contributed by atoms with Gasteiger partial charge < -0.3 is 10.4 Å². The van der Waals surface area contributed by atoms with Crippen LogP contribution in [-0.4, -0.2) is 22.6 Å². The number of carbonyl (C=O) groups excluding carboxylic acids is 1. The molecule has 1 amide bonds. The molecule has 0 aliphatic carbocycles. The second kappa shape index (κ2) is 6.83. The summed E-state index contributed by atoms with van der Waals surface area (Å²) >= 11 is 9.15. The molecule has 0 radical (unpaired) electrons. The normalized spacial score (nSPS) is 11.9. The van der Waals surface area contributed by atoms with Crippen LogP contribution in [0.1, 0.15) is 22.0 Å². The van der Waals surface area contributed by atoms with E-state index in [-0.39, 0.29) is 23.2 Å². The first-order valence-corrected chi connectivity index (χ1v) is 7.06. The molecule has 1 aromatic heterocycles. The van der Waals surface area contributed by atoms with Gasteiger partial charge in [0.05, 0.1) is 18.2 Å². The summed E-state index contributed by atoms with van der Waals surface area (Å²) < 4.78 is 0.660. The monoisotopic (exact) mass is 354 g/mol. The zero-order chi connectivity index (χ0) is 14.5. The molecular weight excluding hydrogens is 344 g/mol. The van der Waals surface area contributed by atoms with Crippen molar-refractivity contribution in [2.24, 2.45) is 0 Å². The van der Waals surface area contributed by atoms with Crippen LogP contribution in [-0.2, 0) is 0 Å². The second-order valence-corrected chi connectivity index (χ2v) is 5.38. The highest BCUT2D eigenvalue weighted by molar-refractivity contribution is 9.10. The van der Waals surface area contributed by atoms with Crippen molar-refractivity contribution < 1.29 is 9.90 Å². The van der Waals surface area contributed by atoms with Crippen molar-refractivity contribution in [1.29, 1.82) is 0 Å². The van der Waals surface area contributed by atoms with Gasteiger partial charge in [-0.3, -0.25) is 4.79 Å². The summed E-state index contributed by atoms with van der Waals surface area (Å²) in [6.45, 7) is -0.200. The van der Waals surface area contributed by atoms with E-state index in [1.165, 1.54) is 6.20 Å². The zero-order valence-electron chi connectivity index (χ0n) is 10.4. The number of benzene rings is 1. The minimum Gasteiger partial charge on any atom is -0.394 e. The minimum absolute atomic E-state index is 0.121. The Balaban J connectivity index is 2.20. The molecule has 0 unspecified atom stereocenters. The number of pyridine rings is 1. The quantitative estimate of drug-likeness (QED) is 0.829. The van der Waals surface area contributed by atoms with E-state index in [4.69, 9.17) is 11.6 Å². The van der Waals surface area contributed by atoms with Gasteiger partial charge in [-0.05, 0) is 27.6 Å². The SMILES string of the molecule is O=C(N[C@@H](CO)c1ccccc1)c1cc(Br)cnc1Cl. The van der Waals surface area contributed by atoms with Crippen molar-refractivity contribution in [3.63, 3.8) is 0 Å². The first-order valence-electron chi connectivity index (χ1n) is 5.89. The Morgan fingerprint density at radius 1 is 1.40 bits per heavy atom. The van der Waals surface area contributed by atoms with E-state index in [2.05, 4.69) is 26.2 Å². The zero-order valence-corrected chi connectivity index (χ0v) is 12.7. The average molecular weight is 356 g/mol. The highest BCUT2D eigenvalue weighted by atomic mass is 79.9. The number of aliphatic hydroxyl groups is 1. The molecule has 104 valence electrons. The molecule has 1 atom stereocenters. The number of rotatable bonds is 4. The van der Waals surface area contributed by atoms with Gasteiger partial charge in [0.1, 0.15) is 5.15 Å². The summed E-state index contributed by atoms with van der Waals surface area (Å²) in [6.07, 6.45) is 1.51. The maximum atomic E-state index is 12.2. The first kappa shape index (κ1) is 15.0. The topological polar surface area (TPSA) is 62.2 Å². The summed E-state index contributed by atoms with van der Waals surface area (Å²) in [5.41, 5.74) is 1.08. The number of hydrogen-bond donors (Lipinski definition) is 2. The molecule has 0 aliphatic rings. The largest absolute Gasteiger partial charge is 0.394 e. The highest BCUT2D eigenvalue weighted by Gasteiger charge is 2.17. The van der Waals surface area contributed by atoms with Crippen LogP contribution in [0, 0.1) is 0 Å². The number of amides is 1. The number of aliphatic hydroxyl groups excluding tert-OH is 1. The number of nitrogens with zero attached hydrogens (tertiary/aromatic N) is 1. The van der Waals surface area contributed by atoms with E-state index < -0.39 is 6.04 Å². The number of halogens is 2. The van der Waals surface area contributed by atoms with E-state index in [0.717, 1.165) is 5.56 Å². The highest BCUT2D eigenvalue weighted by Crippen LogP contribution is 2.19. The average Bonchev–Trinajstić information content (AvgIpc) is 2.48. The van der Waals surface area contributed by atoms with Gasteiger partial charge in [-0.25, -0.2) is 4.98 Å². The minimum atomic E-state index is -0.487. The van der Waals surface area contributed by atoms with Gasteiger partial charge in [0, 0.05) is 10.7 Å². The van der Waals surface area contributed by atoms with Crippen LogP contribution in [0.3, 0.4) is 0 Å². The molecule has 6 heteroatoms. The number of hydrogen-bond acceptors (Lipinski definition) is 3. The van der Waals surface area contributed by atoms with E-state index in [1.807, 2.05) is 30.3 Å². The van der Waals surface area contributed by atoms with Crippen LogP contribution in [0.4, 0.5) is 0 Å². The van der Waals surface area contributed by atoms with Crippen LogP contribution >= 0.6 is 27.5 Å². The standard InChI is InChI=1S/C14H12BrClN2O2/c15-10-6-11(13(16)17-7-10)14(20)18-12(8-19)9-4-2-1-3-5-9/h1-7,12,19H,8H2,(H,18,20)/t12-/m0/s1. The summed E-state index contributed by atoms with van der Waals surface area (Å²) in [6, 6.07) is 10.3. The van der Waals surface area contributed by atoms with Crippen molar-refractivity contribution >= 4 is 33.4 Å². The summed E-state index contributed by atoms with van der Waals surface area (Å²) in [5, 5.41) is 12.3. The third-order valence-corrected chi connectivity index (χ3v) is 3.48. The molecule has 0 fully saturated rings. The Bertz CT molecular complexity index is 607. The third-order valence-electron chi connectivity index (χ3n) is 2.74. The first-order chi connectivity index (χ1) is 9.61. The smallest absolute Gasteiger partial charge is 0.255 e. The Morgan fingerprint density at radius 3 is 2.75 bits per heavy atom. The van der Waals surface area contributed by atoms with E-state index >= 15 is 0 Å². The van der Waals surface area contributed by atoms with Crippen molar-refractivity contribution in [2.45, 2.75) is 6.04 Å². The summed E-state index contributed by atoms with van der Waals surface area (Å²) in [4.78, 5) is 16.1. The fourth-order valence-electron chi connectivity index (χ4n) is 1.74. The lowest BCUT2D eigenvalue weighted by atomic mass is 10.1. The lowest BCUT2D eigenvalue weighted by Crippen LogP contribution is -2.31. The Kier molecular flexibility index (Phi) is 5.11. The Hall–Kier alpha value is -1.43. The van der Waals surface area contributed by atoms with E-state index in [0.29, 0.717) is 4.47 Å². The van der Waals surface area contributed by atoms with Crippen LogP contribution in [0.5, 0.6) is 0 Å².